The molecule has 1 aromatic carbocycles. The van der Waals surface area contributed by atoms with Gasteiger partial charge in [0, 0.05) is 5.92 Å². The van der Waals surface area contributed by atoms with Crippen molar-refractivity contribution in [2.45, 2.75) is 70.0 Å². The summed E-state index contributed by atoms with van der Waals surface area (Å²) in [6.45, 7) is 12.4. The molecule has 8 heteroatoms. The number of ether oxygens (including phenoxy) is 1. The number of hydrogen-bond donors (Lipinski definition) is 1. The maximum absolute atomic E-state index is 12.2. The average molecular weight is 395 g/mol. The number of sulfonamides is 1. The molecule has 0 unspecified atom stereocenters. The van der Waals surface area contributed by atoms with Gasteiger partial charge in [0.2, 0.25) is 10.0 Å². The Kier molecular flexibility index (Phi) is 5.51. The summed E-state index contributed by atoms with van der Waals surface area (Å²) in [4.78, 5) is 0. The summed E-state index contributed by atoms with van der Waals surface area (Å²) in [7, 11) is -3.74. The van der Waals surface area contributed by atoms with Gasteiger partial charge in [0.05, 0.1) is 35.7 Å². The zero-order valence-corrected chi connectivity index (χ0v) is 17.8. The number of hydrogen-bond acceptors (Lipinski definition) is 5. The van der Waals surface area contributed by atoms with Crippen LogP contribution in [0.2, 0.25) is 0 Å². The van der Waals surface area contributed by atoms with Crippen LogP contribution in [0.1, 0.15) is 53.0 Å². The Balaban J connectivity index is 1.74. The third-order valence-corrected chi connectivity index (χ3v) is 7.78. The van der Waals surface area contributed by atoms with E-state index in [1.54, 1.807) is 13.8 Å². The highest BCUT2D eigenvalue weighted by atomic mass is 32.2. The van der Waals surface area contributed by atoms with E-state index in [1.165, 1.54) is 0 Å². The topological polar surface area (TPSA) is 73.9 Å². The van der Waals surface area contributed by atoms with Gasteiger partial charge in [0.25, 0.3) is 0 Å². The van der Waals surface area contributed by atoms with Crippen molar-refractivity contribution in [1.29, 1.82) is 0 Å². The first kappa shape index (κ1) is 20.8. The third-order valence-electron chi connectivity index (χ3n) is 5.91. The summed E-state index contributed by atoms with van der Waals surface area (Å²) in [6.07, 6.45) is 0. The summed E-state index contributed by atoms with van der Waals surface area (Å²) in [5, 5.41) is -0.468. The van der Waals surface area contributed by atoms with Crippen LogP contribution in [0, 0.1) is 0 Å². The fourth-order valence-corrected chi connectivity index (χ4v) is 4.15. The molecule has 2 atom stereocenters. The van der Waals surface area contributed by atoms with Gasteiger partial charge < -0.3 is 14.0 Å². The fraction of sp³-hybridized carbons (Fsp3) is 0.684. The lowest BCUT2D eigenvalue weighted by molar-refractivity contribution is 0.00578. The summed E-state index contributed by atoms with van der Waals surface area (Å²) in [6, 6.07) is 7.75. The normalized spacial score (nSPS) is 27.4. The Hall–Kier alpha value is -0.925. The van der Waals surface area contributed by atoms with Gasteiger partial charge in [-0.3, -0.25) is 0 Å². The van der Waals surface area contributed by atoms with E-state index < -0.39 is 22.4 Å². The SMILES string of the molecule is CC(C)S(=O)(=O)N[C@H]1COC[C@H]1c1ccc(B2OC(C)(C)C(C)(C)O2)cc1. The van der Waals surface area contributed by atoms with Crippen LogP contribution >= 0.6 is 0 Å². The first-order valence-corrected chi connectivity index (χ1v) is 11.0. The molecule has 0 saturated carbocycles. The fourth-order valence-electron chi connectivity index (χ4n) is 3.23. The van der Waals surface area contributed by atoms with Crippen molar-refractivity contribution in [1.82, 2.24) is 4.72 Å². The Labute approximate surface area is 163 Å². The van der Waals surface area contributed by atoms with Crippen molar-refractivity contribution in [3.63, 3.8) is 0 Å². The molecule has 0 aliphatic carbocycles. The van der Waals surface area contributed by atoms with Gasteiger partial charge in [-0.15, -0.1) is 0 Å². The van der Waals surface area contributed by atoms with Gasteiger partial charge in [0.15, 0.2) is 0 Å². The molecule has 0 aromatic heterocycles. The quantitative estimate of drug-likeness (QED) is 0.770. The average Bonchev–Trinajstić information content (AvgIpc) is 3.09. The minimum Gasteiger partial charge on any atom is -0.399 e. The van der Waals surface area contributed by atoms with E-state index in [0.717, 1.165) is 11.0 Å². The van der Waals surface area contributed by atoms with Crippen LogP contribution in [0.4, 0.5) is 0 Å². The molecular formula is C19H30BNO5S. The maximum Gasteiger partial charge on any atom is 0.494 e. The van der Waals surface area contributed by atoms with Crippen LogP contribution in [0.25, 0.3) is 0 Å². The monoisotopic (exact) mass is 395 g/mol. The maximum atomic E-state index is 12.2. The number of nitrogens with one attached hydrogen (secondary N) is 1. The van der Waals surface area contributed by atoms with Gasteiger partial charge in [0.1, 0.15) is 0 Å². The standard InChI is InChI=1S/C19H30BNO5S/c1-13(2)27(22,23)21-17-12-24-11-16(17)14-7-9-15(10-8-14)20-25-18(3,4)19(5,6)26-20/h7-10,13,16-17,21H,11-12H2,1-6H3/t16-,17-/m0/s1. The minimum absolute atomic E-state index is 0.00845. The molecule has 0 radical (unpaired) electrons. The Morgan fingerprint density at radius 3 is 2.11 bits per heavy atom. The highest BCUT2D eigenvalue weighted by Crippen LogP contribution is 2.36. The lowest BCUT2D eigenvalue weighted by atomic mass is 9.78. The Morgan fingerprint density at radius 1 is 1.04 bits per heavy atom. The van der Waals surface area contributed by atoms with Crippen molar-refractivity contribution >= 4 is 22.6 Å². The first-order chi connectivity index (χ1) is 12.4. The second-order valence-corrected chi connectivity index (χ2v) is 11.0. The molecule has 2 heterocycles. The van der Waals surface area contributed by atoms with E-state index in [0.29, 0.717) is 13.2 Å². The zero-order chi connectivity index (χ0) is 20.0. The second kappa shape index (κ2) is 7.15. The van der Waals surface area contributed by atoms with Crippen LogP contribution in [0.5, 0.6) is 0 Å². The summed E-state index contributed by atoms with van der Waals surface area (Å²) < 4.78 is 45.0. The second-order valence-electron chi connectivity index (χ2n) is 8.72. The van der Waals surface area contributed by atoms with E-state index in [1.807, 2.05) is 52.0 Å². The molecule has 6 nitrogen and oxygen atoms in total. The van der Waals surface area contributed by atoms with Crippen molar-refractivity contribution in [3.05, 3.63) is 29.8 Å². The molecular weight excluding hydrogens is 365 g/mol. The molecule has 0 amide bonds. The molecule has 0 spiro atoms. The highest BCUT2D eigenvalue weighted by Gasteiger charge is 2.51. The molecule has 2 saturated heterocycles. The highest BCUT2D eigenvalue weighted by molar-refractivity contribution is 7.90. The van der Waals surface area contributed by atoms with E-state index in [-0.39, 0.29) is 23.2 Å². The van der Waals surface area contributed by atoms with Crippen LogP contribution in [-0.4, -0.2) is 51.2 Å². The molecule has 2 aliphatic rings. The Bertz CT molecular complexity index is 760. The van der Waals surface area contributed by atoms with Gasteiger partial charge in [-0.25, -0.2) is 13.1 Å². The molecule has 2 fully saturated rings. The largest absolute Gasteiger partial charge is 0.494 e. The van der Waals surface area contributed by atoms with E-state index in [2.05, 4.69) is 4.72 Å². The van der Waals surface area contributed by atoms with E-state index in [9.17, 15) is 8.42 Å². The predicted molar refractivity (Wildman–Crippen MR) is 107 cm³/mol. The zero-order valence-electron chi connectivity index (χ0n) is 17.0. The van der Waals surface area contributed by atoms with Crippen molar-refractivity contribution in [2.24, 2.45) is 0 Å². The van der Waals surface area contributed by atoms with Crippen molar-refractivity contribution in [2.75, 3.05) is 13.2 Å². The summed E-state index contributed by atoms with van der Waals surface area (Å²) in [5.41, 5.74) is 1.24. The van der Waals surface area contributed by atoms with Gasteiger partial charge in [-0.1, -0.05) is 24.3 Å². The van der Waals surface area contributed by atoms with Crippen molar-refractivity contribution < 1.29 is 22.5 Å². The van der Waals surface area contributed by atoms with Gasteiger partial charge in [-0.2, -0.15) is 0 Å². The summed E-state index contributed by atoms with van der Waals surface area (Å²) >= 11 is 0. The predicted octanol–water partition coefficient (Wildman–Crippen LogP) is 1.80. The lowest BCUT2D eigenvalue weighted by Crippen LogP contribution is -2.42. The van der Waals surface area contributed by atoms with Crippen LogP contribution < -0.4 is 10.2 Å². The first-order valence-electron chi connectivity index (χ1n) is 9.47. The summed E-state index contributed by atoms with van der Waals surface area (Å²) in [5.74, 6) is -0.00845. The number of rotatable bonds is 5. The third kappa shape index (κ3) is 4.10. The van der Waals surface area contributed by atoms with Crippen LogP contribution in [-0.2, 0) is 24.1 Å². The molecule has 150 valence electrons. The molecule has 1 aromatic rings. The lowest BCUT2D eigenvalue weighted by Gasteiger charge is -2.32. The minimum atomic E-state index is -3.34. The number of benzene rings is 1. The van der Waals surface area contributed by atoms with Crippen LogP contribution in [0.15, 0.2) is 24.3 Å². The Morgan fingerprint density at radius 2 is 1.59 bits per heavy atom. The van der Waals surface area contributed by atoms with E-state index >= 15 is 0 Å². The van der Waals surface area contributed by atoms with Crippen molar-refractivity contribution in [3.8, 4) is 0 Å². The molecule has 27 heavy (non-hydrogen) atoms. The molecule has 3 rings (SSSR count). The molecule has 2 aliphatic heterocycles. The van der Waals surface area contributed by atoms with Gasteiger partial charge >= 0.3 is 7.12 Å². The molecule has 1 N–H and O–H groups in total. The van der Waals surface area contributed by atoms with E-state index in [4.69, 9.17) is 14.0 Å². The van der Waals surface area contributed by atoms with Crippen LogP contribution in [0.3, 0.4) is 0 Å². The van der Waals surface area contributed by atoms with Gasteiger partial charge in [-0.05, 0) is 52.6 Å². The smallest absolute Gasteiger partial charge is 0.399 e. The molecule has 0 bridgehead atoms.